The first-order valence-corrected chi connectivity index (χ1v) is 10.0. The minimum absolute atomic E-state index is 0.00424. The molecule has 2 amide bonds. The highest BCUT2D eigenvalue weighted by atomic mass is 16.5. The van der Waals surface area contributed by atoms with Gasteiger partial charge in [0.25, 0.3) is 0 Å². The van der Waals surface area contributed by atoms with Crippen LogP contribution in [0, 0.1) is 5.92 Å². The van der Waals surface area contributed by atoms with Crippen molar-refractivity contribution in [3.8, 4) is 0 Å². The lowest BCUT2D eigenvalue weighted by molar-refractivity contribution is -0.121. The number of carbonyl (C=O) groups is 2. The van der Waals surface area contributed by atoms with Crippen molar-refractivity contribution in [2.24, 2.45) is 5.92 Å². The number of rotatable bonds is 7. The Morgan fingerprint density at radius 3 is 2.70 bits per heavy atom. The van der Waals surface area contributed by atoms with Crippen LogP contribution in [0.4, 0.5) is 5.69 Å². The molecule has 0 bridgehead atoms. The summed E-state index contributed by atoms with van der Waals surface area (Å²) in [7, 11) is 0. The topological polar surface area (TPSA) is 61.9 Å². The molecular formula is C21H31N3O3. The van der Waals surface area contributed by atoms with Gasteiger partial charge in [-0.3, -0.25) is 14.5 Å². The molecule has 1 N–H and O–H groups in total. The van der Waals surface area contributed by atoms with E-state index in [9.17, 15) is 9.59 Å². The van der Waals surface area contributed by atoms with E-state index >= 15 is 0 Å². The van der Waals surface area contributed by atoms with Gasteiger partial charge in [0.1, 0.15) is 0 Å². The minimum Gasteiger partial charge on any atom is -0.374 e. The number of hydrogen-bond acceptors (Lipinski definition) is 4. The Labute approximate surface area is 161 Å². The van der Waals surface area contributed by atoms with E-state index in [4.69, 9.17) is 4.74 Å². The zero-order chi connectivity index (χ0) is 19.2. The van der Waals surface area contributed by atoms with Crippen molar-refractivity contribution in [1.29, 1.82) is 0 Å². The summed E-state index contributed by atoms with van der Waals surface area (Å²) in [6.45, 7) is 9.41. The molecule has 2 heterocycles. The number of hydrogen-bond donors (Lipinski definition) is 1. The highest BCUT2D eigenvalue weighted by Gasteiger charge is 2.22. The van der Waals surface area contributed by atoms with Crippen molar-refractivity contribution in [3.05, 3.63) is 29.8 Å². The summed E-state index contributed by atoms with van der Waals surface area (Å²) in [4.78, 5) is 28.3. The maximum atomic E-state index is 12.3. The number of amides is 2. The first kappa shape index (κ1) is 19.8. The van der Waals surface area contributed by atoms with Crippen molar-refractivity contribution < 1.29 is 14.3 Å². The fourth-order valence-corrected chi connectivity index (χ4v) is 3.78. The molecule has 6 nitrogen and oxygen atoms in total. The molecule has 0 spiro atoms. The van der Waals surface area contributed by atoms with Crippen molar-refractivity contribution >= 4 is 17.5 Å². The molecule has 27 heavy (non-hydrogen) atoms. The molecule has 0 radical (unpaired) electrons. The SMILES string of the molecule is CC(C)CN1CCOC(CNC(=O)Cc2ccc(N3CCCC3=O)cc2)C1. The van der Waals surface area contributed by atoms with Crippen LogP contribution in [-0.2, 0) is 20.7 Å². The monoisotopic (exact) mass is 373 g/mol. The lowest BCUT2D eigenvalue weighted by Crippen LogP contribution is -2.48. The molecule has 0 aliphatic carbocycles. The third kappa shape index (κ3) is 5.78. The number of morpholine rings is 1. The Morgan fingerprint density at radius 1 is 1.26 bits per heavy atom. The van der Waals surface area contributed by atoms with Crippen LogP contribution in [0.5, 0.6) is 0 Å². The van der Waals surface area contributed by atoms with Crippen LogP contribution in [0.2, 0.25) is 0 Å². The molecule has 6 heteroatoms. The maximum Gasteiger partial charge on any atom is 0.227 e. The molecule has 0 aromatic heterocycles. The summed E-state index contributed by atoms with van der Waals surface area (Å²) in [5, 5.41) is 3.00. The van der Waals surface area contributed by atoms with Crippen LogP contribution >= 0.6 is 0 Å². The third-order valence-corrected chi connectivity index (χ3v) is 5.06. The first-order chi connectivity index (χ1) is 13.0. The van der Waals surface area contributed by atoms with Gasteiger partial charge < -0.3 is 15.0 Å². The molecule has 2 saturated heterocycles. The van der Waals surface area contributed by atoms with Gasteiger partial charge in [0.2, 0.25) is 11.8 Å². The lowest BCUT2D eigenvalue weighted by Gasteiger charge is -2.33. The number of carbonyl (C=O) groups excluding carboxylic acids is 2. The van der Waals surface area contributed by atoms with Gasteiger partial charge in [-0.25, -0.2) is 0 Å². The molecule has 1 aromatic carbocycles. The third-order valence-electron chi connectivity index (χ3n) is 5.06. The highest BCUT2D eigenvalue weighted by molar-refractivity contribution is 5.95. The van der Waals surface area contributed by atoms with E-state index in [2.05, 4.69) is 24.1 Å². The van der Waals surface area contributed by atoms with E-state index in [1.54, 1.807) is 0 Å². The number of anilines is 1. The van der Waals surface area contributed by atoms with Crippen LogP contribution < -0.4 is 10.2 Å². The Morgan fingerprint density at radius 2 is 2.04 bits per heavy atom. The summed E-state index contributed by atoms with van der Waals surface area (Å²) in [6.07, 6.45) is 1.95. The van der Waals surface area contributed by atoms with Crippen LogP contribution in [-0.4, -0.2) is 62.1 Å². The Balaban J connectivity index is 1.43. The minimum atomic E-state index is 0.00424. The van der Waals surface area contributed by atoms with Gasteiger partial charge >= 0.3 is 0 Å². The summed E-state index contributed by atoms with van der Waals surface area (Å²) < 4.78 is 5.78. The van der Waals surface area contributed by atoms with Crippen molar-refractivity contribution in [2.45, 2.75) is 39.2 Å². The largest absolute Gasteiger partial charge is 0.374 e. The molecular weight excluding hydrogens is 342 g/mol. The Bertz CT molecular complexity index is 645. The van der Waals surface area contributed by atoms with E-state index in [0.29, 0.717) is 25.3 Å². The second-order valence-corrected chi connectivity index (χ2v) is 7.94. The average Bonchev–Trinajstić information content (AvgIpc) is 3.06. The van der Waals surface area contributed by atoms with Crippen LogP contribution in [0.1, 0.15) is 32.3 Å². The Hall–Kier alpha value is -1.92. The fraction of sp³-hybridized carbons (Fsp3) is 0.619. The van der Waals surface area contributed by atoms with Gasteiger partial charge in [-0.15, -0.1) is 0 Å². The number of benzene rings is 1. The van der Waals surface area contributed by atoms with E-state index in [0.717, 1.165) is 50.5 Å². The molecule has 0 saturated carbocycles. The average molecular weight is 373 g/mol. The normalized spacial score (nSPS) is 21.1. The molecule has 2 aliphatic heterocycles. The van der Waals surface area contributed by atoms with Crippen LogP contribution in [0.25, 0.3) is 0 Å². The maximum absolute atomic E-state index is 12.3. The van der Waals surface area contributed by atoms with E-state index < -0.39 is 0 Å². The first-order valence-electron chi connectivity index (χ1n) is 10.0. The van der Waals surface area contributed by atoms with Gasteiger partial charge in [0, 0.05) is 44.8 Å². The summed E-state index contributed by atoms with van der Waals surface area (Å²) in [5.41, 5.74) is 1.87. The Kier molecular flexibility index (Phi) is 6.85. The van der Waals surface area contributed by atoms with Crippen LogP contribution in [0.15, 0.2) is 24.3 Å². The van der Waals surface area contributed by atoms with Gasteiger partial charge in [-0.2, -0.15) is 0 Å². The second kappa shape index (κ2) is 9.33. The predicted molar refractivity (Wildman–Crippen MR) is 106 cm³/mol. The fourth-order valence-electron chi connectivity index (χ4n) is 3.78. The zero-order valence-corrected chi connectivity index (χ0v) is 16.4. The predicted octanol–water partition coefficient (Wildman–Crippen LogP) is 1.83. The summed E-state index contributed by atoms with van der Waals surface area (Å²) in [5.74, 6) is 0.821. The van der Waals surface area contributed by atoms with Crippen molar-refractivity contribution in [2.75, 3.05) is 44.2 Å². The van der Waals surface area contributed by atoms with Gasteiger partial charge in [0.15, 0.2) is 0 Å². The van der Waals surface area contributed by atoms with Gasteiger partial charge in [0.05, 0.1) is 19.1 Å². The molecule has 2 aliphatic rings. The van der Waals surface area contributed by atoms with Crippen molar-refractivity contribution in [1.82, 2.24) is 10.2 Å². The van der Waals surface area contributed by atoms with E-state index in [1.807, 2.05) is 29.2 Å². The summed E-state index contributed by atoms with van der Waals surface area (Å²) in [6, 6.07) is 7.73. The smallest absolute Gasteiger partial charge is 0.227 e. The second-order valence-electron chi connectivity index (χ2n) is 7.94. The summed E-state index contributed by atoms with van der Waals surface area (Å²) >= 11 is 0. The lowest BCUT2D eigenvalue weighted by atomic mass is 10.1. The van der Waals surface area contributed by atoms with Crippen molar-refractivity contribution in [3.63, 3.8) is 0 Å². The standard InChI is InChI=1S/C21H31N3O3/c1-16(2)14-23-10-11-27-19(15-23)13-22-20(25)12-17-5-7-18(8-6-17)24-9-3-4-21(24)26/h5-8,16,19H,3-4,9-15H2,1-2H3,(H,22,25). The molecule has 2 fully saturated rings. The van der Waals surface area contributed by atoms with Gasteiger partial charge in [-0.1, -0.05) is 26.0 Å². The number of nitrogens with zero attached hydrogens (tertiary/aromatic N) is 2. The van der Waals surface area contributed by atoms with Crippen LogP contribution in [0.3, 0.4) is 0 Å². The van der Waals surface area contributed by atoms with E-state index in [1.165, 1.54) is 0 Å². The van der Waals surface area contributed by atoms with Gasteiger partial charge in [-0.05, 0) is 30.0 Å². The zero-order valence-electron chi connectivity index (χ0n) is 16.4. The molecule has 148 valence electrons. The molecule has 1 aromatic rings. The molecule has 1 unspecified atom stereocenters. The molecule has 1 atom stereocenters. The number of nitrogens with one attached hydrogen (secondary N) is 1. The number of ether oxygens (including phenoxy) is 1. The van der Waals surface area contributed by atoms with E-state index in [-0.39, 0.29) is 17.9 Å². The quantitative estimate of drug-likeness (QED) is 0.792. The highest BCUT2D eigenvalue weighted by Crippen LogP contribution is 2.21. The molecule has 3 rings (SSSR count).